The van der Waals surface area contributed by atoms with Crippen molar-refractivity contribution in [1.82, 2.24) is 5.32 Å². The van der Waals surface area contributed by atoms with Crippen molar-refractivity contribution >= 4 is 6.21 Å². The molecular weight excluding hydrogens is 164 g/mol. The number of hydrogen-bond donors (Lipinski definition) is 2. The summed E-state index contributed by atoms with van der Waals surface area (Å²) in [5.74, 6) is 0. The molecule has 0 atom stereocenters. The van der Waals surface area contributed by atoms with Gasteiger partial charge in [0.15, 0.2) is 0 Å². The van der Waals surface area contributed by atoms with Gasteiger partial charge in [0.05, 0.1) is 6.21 Å². The van der Waals surface area contributed by atoms with Crippen LogP contribution in [-0.4, -0.2) is 25.0 Å². The van der Waals surface area contributed by atoms with Gasteiger partial charge in [0.25, 0.3) is 0 Å². The summed E-state index contributed by atoms with van der Waals surface area (Å²) in [6, 6.07) is 7.89. The maximum Gasteiger partial charge on any atom is 0.0736 e. The summed E-state index contributed by atoms with van der Waals surface area (Å²) < 4.78 is 0. The van der Waals surface area contributed by atoms with E-state index in [-0.39, 0.29) is 0 Å². The quantitative estimate of drug-likeness (QED) is 0.414. The summed E-state index contributed by atoms with van der Waals surface area (Å²) >= 11 is 0. The molecule has 3 nitrogen and oxygen atoms in total. The Morgan fingerprint density at radius 3 is 2.92 bits per heavy atom. The first-order valence-corrected chi connectivity index (χ1v) is 4.28. The average molecular weight is 178 g/mol. The van der Waals surface area contributed by atoms with Crippen molar-refractivity contribution in [1.29, 1.82) is 0 Å². The molecule has 1 rings (SSSR count). The Hall–Kier alpha value is -1.35. The van der Waals surface area contributed by atoms with E-state index in [0.717, 1.165) is 18.5 Å². The van der Waals surface area contributed by atoms with E-state index < -0.39 is 0 Å². The number of rotatable bonds is 4. The number of nitrogens with one attached hydrogen (secondary N) is 1. The number of benzene rings is 1. The van der Waals surface area contributed by atoms with E-state index in [1.54, 1.807) is 0 Å². The zero-order valence-corrected chi connectivity index (χ0v) is 7.70. The predicted octanol–water partition coefficient (Wildman–Crippen LogP) is 1.26. The molecule has 0 aliphatic rings. The molecule has 2 N–H and O–H groups in total. The maximum atomic E-state index is 8.42. The minimum absolute atomic E-state index is 0.927. The Bertz CT molecular complexity index is 284. The van der Waals surface area contributed by atoms with Gasteiger partial charge in [-0.2, -0.15) is 0 Å². The second kappa shape index (κ2) is 5.32. The monoisotopic (exact) mass is 178 g/mol. The fraction of sp³-hybridized carbons (Fsp3) is 0.300. The van der Waals surface area contributed by atoms with Crippen LogP contribution in [0.3, 0.4) is 0 Å². The van der Waals surface area contributed by atoms with E-state index in [0.29, 0.717) is 0 Å². The molecule has 0 amide bonds. The highest BCUT2D eigenvalue weighted by Crippen LogP contribution is 2.06. The van der Waals surface area contributed by atoms with Crippen LogP contribution in [0, 0.1) is 0 Å². The van der Waals surface area contributed by atoms with Crippen LogP contribution in [0.15, 0.2) is 29.4 Å². The van der Waals surface area contributed by atoms with E-state index in [1.807, 2.05) is 31.3 Å². The van der Waals surface area contributed by atoms with Crippen LogP contribution in [0.1, 0.15) is 11.1 Å². The van der Waals surface area contributed by atoms with Gasteiger partial charge in [0.1, 0.15) is 0 Å². The molecule has 0 saturated carbocycles. The number of likely N-dealkylation sites (N-methyl/N-ethyl adjacent to an activating group) is 1. The average Bonchev–Trinajstić information content (AvgIpc) is 2.17. The van der Waals surface area contributed by atoms with E-state index in [2.05, 4.69) is 10.5 Å². The normalized spacial score (nSPS) is 10.8. The Labute approximate surface area is 78.1 Å². The lowest BCUT2D eigenvalue weighted by Crippen LogP contribution is -2.11. The standard InChI is InChI=1S/C10H14N2O/c1-11-7-6-9-4-2-3-5-10(9)8-12-13/h2-5,8,11,13H,6-7H2,1H3. The lowest BCUT2D eigenvalue weighted by molar-refractivity contribution is 0.322. The maximum absolute atomic E-state index is 8.42. The molecule has 13 heavy (non-hydrogen) atoms. The predicted molar refractivity (Wildman–Crippen MR) is 53.5 cm³/mol. The molecule has 0 fully saturated rings. The van der Waals surface area contributed by atoms with E-state index in [1.165, 1.54) is 11.8 Å². The van der Waals surface area contributed by atoms with Gasteiger partial charge in [-0.3, -0.25) is 0 Å². The highest BCUT2D eigenvalue weighted by molar-refractivity contribution is 5.81. The van der Waals surface area contributed by atoms with Crippen molar-refractivity contribution in [2.45, 2.75) is 6.42 Å². The topological polar surface area (TPSA) is 44.6 Å². The molecule has 0 bridgehead atoms. The SMILES string of the molecule is CNCCc1ccccc1C=NO. The van der Waals surface area contributed by atoms with Crippen molar-refractivity contribution in [2.75, 3.05) is 13.6 Å². The molecule has 1 aromatic carbocycles. The van der Waals surface area contributed by atoms with Gasteiger partial charge in [-0.25, -0.2) is 0 Å². The third kappa shape index (κ3) is 2.87. The van der Waals surface area contributed by atoms with Crippen LogP contribution in [-0.2, 0) is 6.42 Å². The molecular formula is C10H14N2O. The molecule has 0 unspecified atom stereocenters. The minimum Gasteiger partial charge on any atom is -0.411 e. The zero-order chi connectivity index (χ0) is 9.52. The van der Waals surface area contributed by atoms with Crippen LogP contribution >= 0.6 is 0 Å². The molecule has 0 heterocycles. The van der Waals surface area contributed by atoms with Crippen LogP contribution < -0.4 is 5.32 Å². The van der Waals surface area contributed by atoms with Gasteiger partial charge in [-0.1, -0.05) is 29.4 Å². The minimum atomic E-state index is 0.927. The molecule has 0 aliphatic heterocycles. The number of nitrogens with zero attached hydrogens (tertiary/aromatic N) is 1. The van der Waals surface area contributed by atoms with Crippen molar-refractivity contribution in [2.24, 2.45) is 5.16 Å². The van der Waals surface area contributed by atoms with Gasteiger partial charge in [0, 0.05) is 0 Å². The first-order valence-electron chi connectivity index (χ1n) is 4.28. The second-order valence-corrected chi connectivity index (χ2v) is 2.80. The Balaban J connectivity index is 2.78. The van der Waals surface area contributed by atoms with E-state index in [9.17, 15) is 0 Å². The van der Waals surface area contributed by atoms with Gasteiger partial charge in [0.2, 0.25) is 0 Å². The van der Waals surface area contributed by atoms with Crippen molar-refractivity contribution in [3.05, 3.63) is 35.4 Å². The molecule has 0 spiro atoms. The van der Waals surface area contributed by atoms with Gasteiger partial charge in [-0.15, -0.1) is 0 Å². The summed E-state index contributed by atoms with van der Waals surface area (Å²) in [4.78, 5) is 0. The Morgan fingerprint density at radius 1 is 1.46 bits per heavy atom. The summed E-state index contributed by atoms with van der Waals surface area (Å²) in [5.41, 5.74) is 2.16. The Kier molecular flexibility index (Phi) is 3.99. The third-order valence-corrected chi connectivity index (χ3v) is 1.90. The summed E-state index contributed by atoms with van der Waals surface area (Å²) in [5, 5.41) is 14.5. The van der Waals surface area contributed by atoms with Crippen molar-refractivity contribution < 1.29 is 5.21 Å². The molecule has 70 valence electrons. The number of oxime groups is 1. The zero-order valence-electron chi connectivity index (χ0n) is 7.70. The van der Waals surface area contributed by atoms with E-state index >= 15 is 0 Å². The highest BCUT2D eigenvalue weighted by atomic mass is 16.4. The molecule has 0 radical (unpaired) electrons. The third-order valence-electron chi connectivity index (χ3n) is 1.90. The van der Waals surface area contributed by atoms with Crippen LogP contribution in [0.25, 0.3) is 0 Å². The van der Waals surface area contributed by atoms with Crippen LogP contribution in [0.4, 0.5) is 0 Å². The van der Waals surface area contributed by atoms with Gasteiger partial charge < -0.3 is 10.5 Å². The molecule has 3 heteroatoms. The summed E-state index contributed by atoms with van der Waals surface area (Å²) in [7, 11) is 1.92. The molecule has 1 aromatic rings. The lowest BCUT2D eigenvalue weighted by atomic mass is 10.1. The largest absolute Gasteiger partial charge is 0.411 e. The first-order chi connectivity index (χ1) is 6.38. The summed E-state index contributed by atoms with van der Waals surface area (Å²) in [6.45, 7) is 0.927. The first kappa shape index (κ1) is 9.74. The summed E-state index contributed by atoms with van der Waals surface area (Å²) in [6.07, 6.45) is 2.41. The van der Waals surface area contributed by atoms with Gasteiger partial charge >= 0.3 is 0 Å². The van der Waals surface area contributed by atoms with Gasteiger partial charge in [-0.05, 0) is 31.1 Å². The Morgan fingerprint density at radius 2 is 2.23 bits per heavy atom. The highest BCUT2D eigenvalue weighted by Gasteiger charge is 1.97. The second-order valence-electron chi connectivity index (χ2n) is 2.80. The fourth-order valence-corrected chi connectivity index (χ4v) is 1.21. The van der Waals surface area contributed by atoms with Crippen LogP contribution in [0.2, 0.25) is 0 Å². The van der Waals surface area contributed by atoms with E-state index in [4.69, 9.17) is 5.21 Å². The number of hydrogen-bond acceptors (Lipinski definition) is 3. The molecule has 0 aromatic heterocycles. The van der Waals surface area contributed by atoms with Crippen molar-refractivity contribution in [3.8, 4) is 0 Å². The fourth-order valence-electron chi connectivity index (χ4n) is 1.21. The molecule has 0 aliphatic carbocycles. The van der Waals surface area contributed by atoms with Crippen LogP contribution in [0.5, 0.6) is 0 Å². The lowest BCUT2D eigenvalue weighted by Gasteiger charge is -2.03. The smallest absolute Gasteiger partial charge is 0.0736 e. The molecule has 0 saturated heterocycles. The van der Waals surface area contributed by atoms with Crippen molar-refractivity contribution in [3.63, 3.8) is 0 Å².